The molecular formula is C22H20N4O4. The number of phenolic OH excluding ortho intramolecular Hbond substituents is 1. The van der Waals surface area contributed by atoms with E-state index in [1.54, 1.807) is 48.5 Å². The zero-order valence-electron chi connectivity index (χ0n) is 16.0. The number of benzene rings is 2. The minimum absolute atomic E-state index is 0.0130. The molecule has 0 saturated heterocycles. The van der Waals surface area contributed by atoms with Gasteiger partial charge in [-0.3, -0.25) is 9.59 Å². The minimum atomic E-state index is -0.365. The van der Waals surface area contributed by atoms with Gasteiger partial charge in [-0.05, 0) is 37.1 Å². The van der Waals surface area contributed by atoms with Crippen LogP contribution < -0.4 is 15.4 Å². The molecule has 4 rings (SSSR count). The van der Waals surface area contributed by atoms with Crippen molar-refractivity contribution in [3.63, 3.8) is 0 Å². The van der Waals surface area contributed by atoms with Gasteiger partial charge >= 0.3 is 0 Å². The van der Waals surface area contributed by atoms with E-state index in [1.165, 1.54) is 12.4 Å². The number of aromatic hydroxyl groups is 1. The van der Waals surface area contributed by atoms with E-state index in [-0.39, 0.29) is 30.1 Å². The van der Waals surface area contributed by atoms with Crippen LogP contribution in [0.15, 0.2) is 60.9 Å². The summed E-state index contributed by atoms with van der Waals surface area (Å²) in [7, 11) is 0. The summed E-state index contributed by atoms with van der Waals surface area (Å²) in [5, 5.41) is 15.0. The lowest BCUT2D eigenvalue weighted by Gasteiger charge is -2.09. The van der Waals surface area contributed by atoms with Crippen LogP contribution >= 0.6 is 0 Å². The smallest absolute Gasteiger partial charge is 0.262 e. The Hall–Kier alpha value is -3.94. The van der Waals surface area contributed by atoms with Gasteiger partial charge in [0, 0.05) is 23.2 Å². The van der Waals surface area contributed by atoms with E-state index >= 15 is 0 Å². The number of phenols is 1. The number of hydrogen-bond donors (Lipinski definition) is 3. The first-order valence-electron chi connectivity index (χ1n) is 9.52. The summed E-state index contributed by atoms with van der Waals surface area (Å²) in [6.45, 7) is -0.200. The summed E-state index contributed by atoms with van der Waals surface area (Å²) >= 11 is 0. The summed E-state index contributed by atoms with van der Waals surface area (Å²) in [4.78, 5) is 32.4. The molecule has 0 aliphatic heterocycles. The number of hydrogen-bond acceptors (Lipinski definition) is 6. The molecule has 2 amide bonds. The Labute approximate surface area is 172 Å². The molecule has 0 bridgehead atoms. The average molecular weight is 404 g/mol. The quantitative estimate of drug-likeness (QED) is 0.557. The van der Waals surface area contributed by atoms with Crippen molar-refractivity contribution in [3.8, 4) is 22.9 Å². The molecular weight excluding hydrogens is 384 g/mol. The normalized spacial score (nSPS) is 12.8. The monoisotopic (exact) mass is 404 g/mol. The lowest BCUT2D eigenvalue weighted by Crippen LogP contribution is -2.20. The van der Waals surface area contributed by atoms with Gasteiger partial charge in [-0.25, -0.2) is 9.97 Å². The molecule has 3 aromatic rings. The predicted molar refractivity (Wildman–Crippen MR) is 111 cm³/mol. The van der Waals surface area contributed by atoms with Gasteiger partial charge in [0.2, 0.25) is 5.91 Å². The third-order valence-electron chi connectivity index (χ3n) is 4.46. The zero-order chi connectivity index (χ0) is 20.9. The van der Waals surface area contributed by atoms with Gasteiger partial charge in [-0.2, -0.15) is 0 Å². The van der Waals surface area contributed by atoms with Gasteiger partial charge in [-0.15, -0.1) is 0 Å². The second kappa shape index (κ2) is 8.60. The van der Waals surface area contributed by atoms with Crippen LogP contribution in [0.2, 0.25) is 0 Å². The fourth-order valence-corrected chi connectivity index (χ4v) is 2.79. The SMILES string of the molecule is O=C(COc1cccc(NC(=O)C2CC2)c1)Nc1cnc(-c2cccc(O)c2)nc1. The molecule has 0 unspecified atom stereocenters. The average Bonchev–Trinajstić information content (AvgIpc) is 3.59. The second-order valence-corrected chi connectivity index (χ2v) is 6.97. The second-order valence-electron chi connectivity index (χ2n) is 6.97. The first kappa shape index (κ1) is 19.4. The molecule has 1 aromatic heterocycles. The first-order valence-corrected chi connectivity index (χ1v) is 9.52. The van der Waals surface area contributed by atoms with Crippen molar-refractivity contribution in [2.24, 2.45) is 5.92 Å². The van der Waals surface area contributed by atoms with Crippen LogP contribution in [0, 0.1) is 5.92 Å². The zero-order valence-corrected chi connectivity index (χ0v) is 16.0. The summed E-state index contributed by atoms with van der Waals surface area (Å²) < 4.78 is 5.51. The van der Waals surface area contributed by atoms with Crippen LogP contribution in [-0.4, -0.2) is 33.5 Å². The largest absolute Gasteiger partial charge is 0.508 e. The minimum Gasteiger partial charge on any atom is -0.508 e. The molecule has 2 aromatic carbocycles. The highest BCUT2D eigenvalue weighted by atomic mass is 16.5. The molecule has 1 aliphatic carbocycles. The van der Waals surface area contributed by atoms with Gasteiger partial charge in [0.25, 0.3) is 5.91 Å². The predicted octanol–water partition coefficient (Wildman–Crippen LogP) is 3.22. The molecule has 0 spiro atoms. The third kappa shape index (κ3) is 5.11. The van der Waals surface area contributed by atoms with E-state index in [4.69, 9.17) is 4.74 Å². The Morgan fingerprint density at radius 3 is 2.50 bits per heavy atom. The summed E-state index contributed by atoms with van der Waals surface area (Å²) in [5.41, 5.74) is 1.74. The van der Waals surface area contributed by atoms with Crippen LogP contribution in [0.5, 0.6) is 11.5 Å². The van der Waals surface area contributed by atoms with Crippen molar-refractivity contribution in [1.29, 1.82) is 0 Å². The molecule has 1 fully saturated rings. The van der Waals surface area contributed by atoms with Crippen molar-refractivity contribution < 1.29 is 19.4 Å². The van der Waals surface area contributed by atoms with Gasteiger partial charge in [-0.1, -0.05) is 18.2 Å². The van der Waals surface area contributed by atoms with Crippen LogP contribution in [0.3, 0.4) is 0 Å². The van der Waals surface area contributed by atoms with E-state index in [0.29, 0.717) is 28.5 Å². The maximum Gasteiger partial charge on any atom is 0.262 e. The molecule has 8 nitrogen and oxygen atoms in total. The van der Waals surface area contributed by atoms with Crippen LogP contribution in [-0.2, 0) is 9.59 Å². The maximum absolute atomic E-state index is 12.2. The van der Waals surface area contributed by atoms with Gasteiger partial charge < -0.3 is 20.5 Å². The van der Waals surface area contributed by atoms with E-state index in [1.807, 2.05) is 0 Å². The number of carbonyl (C=O) groups excluding carboxylic acids is 2. The number of carbonyl (C=O) groups is 2. The van der Waals surface area contributed by atoms with Crippen LogP contribution in [0.1, 0.15) is 12.8 Å². The topological polar surface area (TPSA) is 113 Å². The Balaban J connectivity index is 1.30. The van der Waals surface area contributed by atoms with Gasteiger partial charge in [0.05, 0.1) is 18.1 Å². The molecule has 0 atom stereocenters. The summed E-state index contributed by atoms with van der Waals surface area (Å²) in [5.74, 6) is 0.804. The standard InChI is InChI=1S/C22H20N4O4/c27-18-5-1-3-15(9-18)21-23-11-17(12-24-21)25-20(28)13-30-19-6-2-4-16(10-19)26-22(29)14-7-8-14/h1-6,9-12,14,27H,7-8,13H2,(H,25,28)(H,26,29). The van der Waals surface area contributed by atoms with Gasteiger partial charge in [0.15, 0.2) is 12.4 Å². The van der Waals surface area contributed by atoms with Gasteiger partial charge in [0.1, 0.15) is 11.5 Å². The molecule has 0 radical (unpaired) electrons. The summed E-state index contributed by atoms with van der Waals surface area (Å²) in [6, 6.07) is 13.5. The van der Waals surface area contributed by atoms with E-state index < -0.39 is 0 Å². The Morgan fingerprint density at radius 1 is 1.00 bits per heavy atom. The number of anilines is 2. The summed E-state index contributed by atoms with van der Waals surface area (Å²) in [6.07, 6.45) is 4.83. The van der Waals surface area contributed by atoms with Crippen molar-refractivity contribution in [2.45, 2.75) is 12.8 Å². The van der Waals surface area contributed by atoms with Crippen molar-refractivity contribution in [3.05, 3.63) is 60.9 Å². The van der Waals surface area contributed by atoms with E-state index in [2.05, 4.69) is 20.6 Å². The van der Waals surface area contributed by atoms with Crippen LogP contribution in [0.25, 0.3) is 11.4 Å². The molecule has 30 heavy (non-hydrogen) atoms. The fraction of sp³-hybridized carbons (Fsp3) is 0.182. The lowest BCUT2D eigenvalue weighted by atomic mass is 10.2. The Morgan fingerprint density at radius 2 is 1.77 bits per heavy atom. The number of nitrogens with zero attached hydrogens (tertiary/aromatic N) is 2. The molecule has 152 valence electrons. The first-order chi connectivity index (χ1) is 14.6. The Bertz CT molecular complexity index is 1060. The molecule has 1 heterocycles. The number of aromatic nitrogens is 2. The van der Waals surface area contributed by atoms with E-state index in [0.717, 1.165) is 12.8 Å². The molecule has 3 N–H and O–H groups in total. The number of nitrogens with one attached hydrogen (secondary N) is 2. The molecule has 8 heteroatoms. The molecule has 1 aliphatic rings. The number of ether oxygens (including phenoxy) is 1. The maximum atomic E-state index is 12.2. The van der Waals surface area contributed by atoms with Crippen LogP contribution in [0.4, 0.5) is 11.4 Å². The van der Waals surface area contributed by atoms with E-state index in [9.17, 15) is 14.7 Å². The third-order valence-corrected chi connectivity index (χ3v) is 4.46. The Kier molecular flexibility index (Phi) is 5.56. The van der Waals surface area contributed by atoms with Crippen molar-refractivity contribution >= 4 is 23.2 Å². The lowest BCUT2D eigenvalue weighted by molar-refractivity contribution is -0.118. The highest BCUT2D eigenvalue weighted by molar-refractivity contribution is 5.94. The number of rotatable bonds is 7. The highest BCUT2D eigenvalue weighted by Crippen LogP contribution is 2.30. The van der Waals surface area contributed by atoms with Crippen molar-refractivity contribution in [2.75, 3.05) is 17.2 Å². The fourth-order valence-electron chi connectivity index (χ4n) is 2.79. The molecule has 1 saturated carbocycles. The number of amides is 2. The van der Waals surface area contributed by atoms with Crippen molar-refractivity contribution in [1.82, 2.24) is 9.97 Å². The highest BCUT2D eigenvalue weighted by Gasteiger charge is 2.29.